The number of amidine groups is 1. The Morgan fingerprint density at radius 2 is 2.04 bits per heavy atom. The van der Waals surface area contributed by atoms with E-state index in [9.17, 15) is 21.2 Å². The molecule has 1 aromatic carbocycles. The Kier molecular flexibility index (Phi) is 5.72. The smallest absolute Gasteiger partial charge is 0.301 e. The maximum atomic E-state index is 13.2. The van der Waals surface area contributed by atoms with Gasteiger partial charge in [0.1, 0.15) is 11.9 Å². The van der Waals surface area contributed by atoms with Crippen LogP contribution in [0.5, 0.6) is 0 Å². The summed E-state index contributed by atoms with van der Waals surface area (Å²) >= 11 is 1.89. The van der Waals surface area contributed by atoms with Crippen LogP contribution in [0.4, 0.5) is 4.39 Å². The molecular formula is C15H19FIN3O5S2. The van der Waals surface area contributed by atoms with Gasteiger partial charge in [-0.1, -0.05) is 41.1 Å². The lowest BCUT2D eigenvalue weighted by atomic mass is 9.97. The molecular weight excluding hydrogens is 512 g/mol. The molecule has 150 valence electrons. The van der Waals surface area contributed by atoms with Crippen molar-refractivity contribution >= 4 is 48.7 Å². The zero-order valence-electron chi connectivity index (χ0n) is 14.1. The van der Waals surface area contributed by atoms with Crippen LogP contribution in [0.3, 0.4) is 0 Å². The van der Waals surface area contributed by atoms with Crippen LogP contribution >= 0.6 is 22.6 Å². The Hall–Kier alpha value is -0.990. The molecule has 0 bridgehead atoms. The van der Waals surface area contributed by atoms with Gasteiger partial charge in [0.25, 0.3) is 10.0 Å². The Balaban J connectivity index is 1.92. The van der Waals surface area contributed by atoms with Crippen LogP contribution in [0.25, 0.3) is 0 Å². The molecule has 1 unspecified atom stereocenters. The van der Waals surface area contributed by atoms with E-state index in [0.717, 1.165) is 12.8 Å². The average Bonchev–Trinajstić information content (AvgIpc) is 2.54. The number of alkyl halides is 1. The Morgan fingerprint density at radius 1 is 1.37 bits per heavy atom. The summed E-state index contributed by atoms with van der Waals surface area (Å²) < 4.78 is 70.1. The molecule has 3 atom stereocenters. The summed E-state index contributed by atoms with van der Waals surface area (Å²) in [7, 11) is -7.78. The SMILES string of the molecule is NS(=O)(=O)CC(NC1=NS(=O)(=O)[C@]2(I)CCCC[C@@H]2O1)c1ccc(F)cc1. The second-order valence-electron chi connectivity index (χ2n) is 6.59. The number of halogens is 2. The number of sulfonamides is 2. The third-order valence-corrected chi connectivity index (χ3v) is 10.0. The number of ether oxygens (including phenoxy) is 1. The van der Waals surface area contributed by atoms with Crippen LogP contribution in [0.15, 0.2) is 28.7 Å². The van der Waals surface area contributed by atoms with E-state index in [0.29, 0.717) is 18.4 Å². The minimum absolute atomic E-state index is 0.271. The van der Waals surface area contributed by atoms with Crippen molar-refractivity contribution in [2.75, 3.05) is 5.75 Å². The minimum atomic E-state index is -3.91. The molecule has 0 spiro atoms. The summed E-state index contributed by atoms with van der Waals surface area (Å²) in [5.74, 6) is -1.03. The monoisotopic (exact) mass is 531 g/mol. The number of hydrogen-bond donors (Lipinski definition) is 2. The van der Waals surface area contributed by atoms with Gasteiger partial charge in [-0.05, 0) is 37.0 Å². The fourth-order valence-corrected chi connectivity index (χ4v) is 6.44. The topological polar surface area (TPSA) is 128 Å². The molecule has 1 heterocycles. The van der Waals surface area contributed by atoms with Gasteiger partial charge < -0.3 is 10.1 Å². The van der Waals surface area contributed by atoms with Crippen molar-refractivity contribution in [3.63, 3.8) is 0 Å². The molecule has 2 aliphatic rings. The average molecular weight is 531 g/mol. The Morgan fingerprint density at radius 3 is 2.67 bits per heavy atom. The van der Waals surface area contributed by atoms with E-state index in [1.54, 1.807) is 0 Å². The molecule has 12 heteroatoms. The van der Waals surface area contributed by atoms with Crippen molar-refractivity contribution in [1.29, 1.82) is 0 Å². The maximum Gasteiger partial charge on any atom is 0.301 e. The van der Waals surface area contributed by atoms with Crippen LogP contribution in [0.1, 0.15) is 37.3 Å². The van der Waals surface area contributed by atoms with Crippen LogP contribution in [0, 0.1) is 5.82 Å². The van der Waals surface area contributed by atoms with Gasteiger partial charge in [0.2, 0.25) is 10.0 Å². The number of fused-ring (bicyclic) bond motifs is 1. The largest absolute Gasteiger partial charge is 0.459 e. The normalized spacial score (nSPS) is 28.4. The molecule has 1 fully saturated rings. The van der Waals surface area contributed by atoms with Crippen molar-refractivity contribution in [2.24, 2.45) is 9.54 Å². The molecule has 1 aromatic rings. The predicted octanol–water partition coefficient (Wildman–Crippen LogP) is 1.53. The van der Waals surface area contributed by atoms with Gasteiger partial charge in [0.05, 0.1) is 11.8 Å². The van der Waals surface area contributed by atoms with Crippen LogP contribution in [-0.4, -0.2) is 37.5 Å². The minimum Gasteiger partial charge on any atom is -0.459 e. The molecule has 1 aliphatic heterocycles. The molecule has 0 aromatic heterocycles. The quantitative estimate of drug-likeness (QED) is 0.448. The van der Waals surface area contributed by atoms with Crippen molar-refractivity contribution in [3.05, 3.63) is 35.6 Å². The second-order valence-corrected chi connectivity index (χ2v) is 12.8. The third-order valence-electron chi connectivity index (χ3n) is 4.57. The summed E-state index contributed by atoms with van der Waals surface area (Å²) in [6.07, 6.45) is 2.01. The fourth-order valence-electron chi connectivity index (χ4n) is 3.21. The van der Waals surface area contributed by atoms with Gasteiger partial charge in [0, 0.05) is 0 Å². The lowest BCUT2D eigenvalue weighted by Crippen LogP contribution is -2.53. The van der Waals surface area contributed by atoms with Crippen molar-refractivity contribution in [2.45, 2.75) is 40.6 Å². The summed E-state index contributed by atoms with van der Waals surface area (Å²) in [6, 6.07) is 3.90. The summed E-state index contributed by atoms with van der Waals surface area (Å²) in [5.41, 5.74) is 0.407. The van der Waals surface area contributed by atoms with Crippen molar-refractivity contribution in [3.8, 4) is 0 Å². The van der Waals surface area contributed by atoms with E-state index in [-0.39, 0.29) is 6.02 Å². The third kappa shape index (κ3) is 4.54. The maximum absolute atomic E-state index is 13.2. The van der Waals surface area contributed by atoms with E-state index >= 15 is 0 Å². The molecule has 0 amide bonds. The standard InChI is InChI=1S/C15H19FIN3O5S2/c16-11-6-4-10(5-7-11)12(9-26(18,21)22)19-14-20-27(23,24)15(17)8-2-1-3-13(15)25-14/h4-7,12-13H,1-3,8-9H2,(H,19,20)(H2,18,21,22)/t12?,13-,15+/m0/s1. The number of benzene rings is 1. The van der Waals surface area contributed by atoms with E-state index in [4.69, 9.17) is 9.88 Å². The highest BCUT2D eigenvalue weighted by atomic mass is 127. The zero-order valence-corrected chi connectivity index (χ0v) is 17.9. The van der Waals surface area contributed by atoms with Crippen LogP contribution in [0.2, 0.25) is 0 Å². The second kappa shape index (κ2) is 7.44. The van der Waals surface area contributed by atoms with E-state index in [2.05, 4.69) is 9.71 Å². The van der Waals surface area contributed by atoms with Gasteiger partial charge in [-0.15, -0.1) is 4.40 Å². The van der Waals surface area contributed by atoms with Gasteiger partial charge >= 0.3 is 6.02 Å². The van der Waals surface area contributed by atoms with Crippen molar-refractivity contribution < 1.29 is 26.0 Å². The van der Waals surface area contributed by atoms with E-state index < -0.39 is 46.5 Å². The molecule has 27 heavy (non-hydrogen) atoms. The van der Waals surface area contributed by atoms with Crippen molar-refractivity contribution in [1.82, 2.24) is 5.32 Å². The highest BCUT2D eigenvalue weighted by Gasteiger charge is 2.54. The van der Waals surface area contributed by atoms with Gasteiger partial charge in [-0.25, -0.2) is 26.4 Å². The predicted molar refractivity (Wildman–Crippen MR) is 107 cm³/mol. The fraction of sp³-hybridized carbons (Fsp3) is 0.533. The van der Waals surface area contributed by atoms with Gasteiger partial charge in [-0.3, -0.25) is 0 Å². The first-order valence-electron chi connectivity index (χ1n) is 8.23. The first-order valence-corrected chi connectivity index (χ1v) is 12.5. The molecule has 3 rings (SSSR count). The molecule has 8 nitrogen and oxygen atoms in total. The lowest BCUT2D eigenvalue weighted by molar-refractivity contribution is 0.126. The highest BCUT2D eigenvalue weighted by Crippen LogP contribution is 2.45. The number of nitrogens with one attached hydrogen (secondary N) is 1. The van der Waals surface area contributed by atoms with E-state index in [1.165, 1.54) is 24.3 Å². The zero-order chi connectivity index (χ0) is 19.9. The van der Waals surface area contributed by atoms with Gasteiger partial charge in [0.15, 0.2) is 2.75 Å². The molecule has 1 saturated carbocycles. The Labute approximate surface area is 171 Å². The number of hydrogen-bond acceptors (Lipinski definition) is 6. The van der Waals surface area contributed by atoms with Gasteiger partial charge in [-0.2, -0.15) is 0 Å². The number of nitrogens with two attached hydrogens (primary N) is 1. The van der Waals surface area contributed by atoms with E-state index in [1.807, 2.05) is 22.6 Å². The van der Waals surface area contributed by atoms with Crippen LogP contribution in [-0.2, 0) is 24.8 Å². The lowest BCUT2D eigenvalue weighted by Gasteiger charge is -2.40. The number of primary sulfonamides is 1. The molecule has 0 radical (unpaired) electrons. The summed E-state index contributed by atoms with van der Waals surface area (Å²) in [6.45, 7) is 0. The summed E-state index contributed by atoms with van der Waals surface area (Å²) in [5, 5.41) is 7.87. The number of rotatable bonds is 4. The first kappa shape index (κ1) is 20.7. The molecule has 3 N–H and O–H groups in total. The van der Waals surface area contributed by atoms with Crippen LogP contribution < -0.4 is 10.5 Å². The summed E-state index contributed by atoms with van der Waals surface area (Å²) in [4.78, 5) is 0. The first-order chi connectivity index (χ1) is 12.5. The Bertz CT molecular complexity index is 952. The molecule has 1 aliphatic carbocycles. The molecule has 0 saturated heterocycles. The highest BCUT2D eigenvalue weighted by molar-refractivity contribution is 14.1. The number of nitrogens with zero attached hydrogens (tertiary/aromatic N) is 1.